The zero-order chi connectivity index (χ0) is 15.2. The van der Waals surface area contributed by atoms with Crippen molar-refractivity contribution in [1.82, 2.24) is 9.88 Å². The summed E-state index contributed by atoms with van der Waals surface area (Å²) in [6, 6.07) is 6.05. The first-order valence-electron chi connectivity index (χ1n) is 7.10. The second-order valence-electron chi connectivity index (χ2n) is 5.09. The van der Waals surface area contributed by atoms with Gasteiger partial charge in [0.25, 0.3) is 0 Å². The number of ether oxygens (including phenoxy) is 1. The largest absolute Gasteiger partial charge is 0.395 e. The van der Waals surface area contributed by atoms with Crippen LogP contribution in [0.3, 0.4) is 0 Å². The van der Waals surface area contributed by atoms with Crippen molar-refractivity contribution in [3.63, 3.8) is 0 Å². The molecule has 0 bridgehead atoms. The van der Waals surface area contributed by atoms with E-state index in [1.54, 1.807) is 12.0 Å². The van der Waals surface area contributed by atoms with Crippen molar-refractivity contribution in [2.75, 3.05) is 33.4 Å². The quantitative estimate of drug-likeness (QED) is 0.812. The maximum Gasteiger partial charge on any atom is 0.227 e. The minimum absolute atomic E-state index is 0.00486. The second-order valence-corrected chi connectivity index (χ2v) is 5.09. The summed E-state index contributed by atoms with van der Waals surface area (Å²) in [5, 5.41) is 10.2. The average molecular weight is 290 g/mol. The standard InChI is InChI=1S/C16H22N2O3/c1-12-4-3-5-14-16(12)13(11-17-14)10-15(20)18(6-8-19)7-9-21-2/h3-5,11,17,19H,6-10H2,1-2H3. The number of amides is 1. The highest BCUT2D eigenvalue weighted by molar-refractivity contribution is 5.91. The van der Waals surface area contributed by atoms with Crippen molar-refractivity contribution < 1.29 is 14.6 Å². The fourth-order valence-corrected chi connectivity index (χ4v) is 2.55. The van der Waals surface area contributed by atoms with Crippen molar-refractivity contribution >= 4 is 16.8 Å². The van der Waals surface area contributed by atoms with Crippen molar-refractivity contribution in [3.8, 4) is 0 Å². The Kier molecular flexibility index (Phi) is 5.36. The monoisotopic (exact) mass is 290 g/mol. The maximum atomic E-state index is 12.4. The third-order valence-electron chi connectivity index (χ3n) is 3.63. The third kappa shape index (κ3) is 3.62. The van der Waals surface area contributed by atoms with Gasteiger partial charge in [-0.05, 0) is 24.1 Å². The minimum Gasteiger partial charge on any atom is -0.395 e. The number of methoxy groups -OCH3 is 1. The maximum absolute atomic E-state index is 12.4. The molecule has 0 saturated carbocycles. The van der Waals surface area contributed by atoms with Crippen LogP contribution < -0.4 is 0 Å². The van der Waals surface area contributed by atoms with Gasteiger partial charge in [-0.1, -0.05) is 12.1 Å². The molecular formula is C16H22N2O3. The van der Waals surface area contributed by atoms with E-state index in [2.05, 4.69) is 4.98 Å². The summed E-state index contributed by atoms with van der Waals surface area (Å²) in [5.41, 5.74) is 3.19. The van der Waals surface area contributed by atoms with Gasteiger partial charge in [-0.15, -0.1) is 0 Å². The van der Waals surface area contributed by atoms with Gasteiger partial charge in [0, 0.05) is 37.3 Å². The topological polar surface area (TPSA) is 65.6 Å². The van der Waals surface area contributed by atoms with Gasteiger partial charge in [0.2, 0.25) is 5.91 Å². The Morgan fingerprint density at radius 3 is 2.90 bits per heavy atom. The number of fused-ring (bicyclic) bond motifs is 1. The van der Waals surface area contributed by atoms with E-state index < -0.39 is 0 Å². The van der Waals surface area contributed by atoms with Crippen molar-refractivity contribution in [2.24, 2.45) is 0 Å². The van der Waals surface area contributed by atoms with Crippen LogP contribution in [0.15, 0.2) is 24.4 Å². The SMILES string of the molecule is COCCN(CCO)C(=O)Cc1c[nH]c2cccc(C)c12. The lowest BCUT2D eigenvalue weighted by molar-refractivity contribution is -0.131. The molecule has 2 rings (SSSR count). The van der Waals surface area contributed by atoms with E-state index in [4.69, 9.17) is 9.84 Å². The smallest absolute Gasteiger partial charge is 0.227 e. The number of aromatic amines is 1. The summed E-state index contributed by atoms with van der Waals surface area (Å²) >= 11 is 0. The number of carbonyl (C=O) groups excluding carboxylic acids is 1. The van der Waals surface area contributed by atoms with E-state index in [1.807, 2.05) is 31.3 Å². The molecule has 114 valence electrons. The minimum atomic E-state index is -0.0393. The van der Waals surface area contributed by atoms with Crippen LogP contribution in [-0.4, -0.2) is 54.3 Å². The molecule has 2 N–H and O–H groups in total. The number of aryl methyl sites for hydroxylation is 1. The number of hydrogen-bond acceptors (Lipinski definition) is 3. The predicted molar refractivity (Wildman–Crippen MR) is 82.3 cm³/mol. The number of nitrogens with one attached hydrogen (secondary N) is 1. The Balaban J connectivity index is 2.16. The lowest BCUT2D eigenvalue weighted by Crippen LogP contribution is -2.37. The van der Waals surface area contributed by atoms with Crippen LogP contribution in [-0.2, 0) is 16.0 Å². The molecular weight excluding hydrogens is 268 g/mol. The Morgan fingerprint density at radius 1 is 1.38 bits per heavy atom. The highest BCUT2D eigenvalue weighted by Gasteiger charge is 2.16. The van der Waals surface area contributed by atoms with Crippen LogP contribution in [0.25, 0.3) is 10.9 Å². The van der Waals surface area contributed by atoms with E-state index in [0.29, 0.717) is 26.1 Å². The zero-order valence-corrected chi connectivity index (χ0v) is 12.6. The van der Waals surface area contributed by atoms with E-state index in [9.17, 15) is 4.79 Å². The molecule has 0 aliphatic carbocycles. The number of nitrogens with zero attached hydrogens (tertiary/aromatic N) is 1. The number of carbonyl (C=O) groups is 1. The molecule has 1 aromatic heterocycles. The van der Waals surface area contributed by atoms with Gasteiger partial charge in [0.05, 0.1) is 19.6 Å². The van der Waals surface area contributed by atoms with Crippen LogP contribution in [0.5, 0.6) is 0 Å². The van der Waals surface area contributed by atoms with Crippen LogP contribution in [0, 0.1) is 6.92 Å². The number of aliphatic hydroxyl groups excluding tert-OH is 1. The molecule has 0 atom stereocenters. The molecule has 0 radical (unpaired) electrons. The third-order valence-corrected chi connectivity index (χ3v) is 3.63. The number of aromatic nitrogens is 1. The number of aliphatic hydroxyl groups is 1. The molecule has 0 aliphatic rings. The van der Waals surface area contributed by atoms with Gasteiger partial charge < -0.3 is 19.7 Å². The van der Waals surface area contributed by atoms with Gasteiger partial charge in [0.15, 0.2) is 0 Å². The number of benzene rings is 1. The molecule has 1 amide bonds. The molecule has 0 aliphatic heterocycles. The second kappa shape index (κ2) is 7.24. The van der Waals surface area contributed by atoms with Crippen molar-refractivity contribution in [3.05, 3.63) is 35.5 Å². The molecule has 0 unspecified atom stereocenters. The highest BCUT2D eigenvalue weighted by atomic mass is 16.5. The van der Waals surface area contributed by atoms with E-state index in [1.165, 1.54) is 0 Å². The Hall–Kier alpha value is -1.85. The lowest BCUT2D eigenvalue weighted by Gasteiger charge is -2.21. The number of hydrogen-bond donors (Lipinski definition) is 2. The molecule has 2 aromatic rings. The average Bonchev–Trinajstić information content (AvgIpc) is 2.88. The van der Waals surface area contributed by atoms with Crippen molar-refractivity contribution in [1.29, 1.82) is 0 Å². The van der Waals surface area contributed by atoms with Gasteiger partial charge in [-0.3, -0.25) is 4.79 Å². The van der Waals surface area contributed by atoms with Crippen LogP contribution in [0.1, 0.15) is 11.1 Å². The summed E-state index contributed by atoms with van der Waals surface area (Å²) in [5.74, 6) is 0.00486. The number of H-pyrrole nitrogens is 1. The summed E-state index contributed by atoms with van der Waals surface area (Å²) in [6.45, 7) is 3.31. The summed E-state index contributed by atoms with van der Waals surface area (Å²) in [4.78, 5) is 17.2. The van der Waals surface area contributed by atoms with Crippen LogP contribution >= 0.6 is 0 Å². The van der Waals surface area contributed by atoms with Crippen LogP contribution in [0.4, 0.5) is 0 Å². The highest BCUT2D eigenvalue weighted by Crippen LogP contribution is 2.22. The van der Waals surface area contributed by atoms with Gasteiger partial charge in [0.1, 0.15) is 0 Å². The van der Waals surface area contributed by atoms with E-state index in [0.717, 1.165) is 22.0 Å². The van der Waals surface area contributed by atoms with Crippen LogP contribution in [0.2, 0.25) is 0 Å². The zero-order valence-electron chi connectivity index (χ0n) is 12.6. The first-order valence-corrected chi connectivity index (χ1v) is 7.10. The molecule has 0 saturated heterocycles. The Morgan fingerprint density at radius 2 is 2.19 bits per heavy atom. The molecule has 1 heterocycles. The molecule has 0 spiro atoms. The van der Waals surface area contributed by atoms with Gasteiger partial charge in [-0.2, -0.15) is 0 Å². The lowest BCUT2D eigenvalue weighted by atomic mass is 10.0. The molecule has 5 heteroatoms. The first-order chi connectivity index (χ1) is 10.2. The Bertz CT molecular complexity index is 607. The van der Waals surface area contributed by atoms with E-state index >= 15 is 0 Å². The molecule has 21 heavy (non-hydrogen) atoms. The molecule has 5 nitrogen and oxygen atoms in total. The normalized spacial score (nSPS) is 11.0. The Labute approximate surface area is 124 Å². The first kappa shape index (κ1) is 15.5. The van der Waals surface area contributed by atoms with Gasteiger partial charge >= 0.3 is 0 Å². The molecule has 0 fully saturated rings. The molecule has 1 aromatic carbocycles. The number of rotatable bonds is 7. The summed E-state index contributed by atoms with van der Waals surface area (Å²) in [6.07, 6.45) is 2.22. The summed E-state index contributed by atoms with van der Waals surface area (Å²) in [7, 11) is 1.60. The summed E-state index contributed by atoms with van der Waals surface area (Å²) < 4.78 is 5.01. The fourth-order valence-electron chi connectivity index (χ4n) is 2.55. The fraction of sp³-hybridized carbons (Fsp3) is 0.438. The van der Waals surface area contributed by atoms with Gasteiger partial charge in [-0.25, -0.2) is 0 Å². The predicted octanol–water partition coefficient (Wildman–Crippen LogP) is 1.49. The van der Waals surface area contributed by atoms with Crippen molar-refractivity contribution in [2.45, 2.75) is 13.3 Å². The van der Waals surface area contributed by atoms with E-state index in [-0.39, 0.29) is 12.5 Å².